The maximum absolute atomic E-state index is 12.7. The van der Waals surface area contributed by atoms with E-state index < -0.39 is 0 Å². The van der Waals surface area contributed by atoms with E-state index in [-0.39, 0.29) is 17.6 Å². The number of aromatic nitrogens is 3. The third-order valence-electron chi connectivity index (χ3n) is 4.86. The Labute approximate surface area is 154 Å². The Bertz CT molecular complexity index is 771. The molecular formula is C19H27N5O2. The molecule has 0 radical (unpaired) electrons. The normalized spacial score (nSPS) is 17.7. The maximum atomic E-state index is 12.7. The van der Waals surface area contributed by atoms with Gasteiger partial charge in [-0.05, 0) is 44.6 Å². The van der Waals surface area contributed by atoms with E-state index >= 15 is 0 Å². The summed E-state index contributed by atoms with van der Waals surface area (Å²) in [6.45, 7) is 2.19. The number of aromatic hydroxyl groups is 1. The van der Waals surface area contributed by atoms with Crippen molar-refractivity contribution in [3.8, 4) is 5.75 Å². The largest absolute Gasteiger partial charge is 0.508 e. The Balaban J connectivity index is 1.67. The van der Waals surface area contributed by atoms with E-state index in [1.165, 1.54) is 0 Å². The summed E-state index contributed by atoms with van der Waals surface area (Å²) in [4.78, 5) is 16.7. The van der Waals surface area contributed by atoms with Crippen LogP contribution in [0.4, 0.5) is 0 Å². The number of benzene rings is 1. The van der Waals surface area contributed by atoms with Crippen molar-refractivity contribution >= 4 is 5.91 Å². The quantitative estimate of drug-likeness (QED) is 0.878. The number of phenols is 1. The van der Waals surface area contributed by atoms with Crippen molar-refractivity contribution in [1.29, 1.82) is 0 Å². The highest BCUT2D eigenvalue weighted by Gasteiger charge is 2.28. The monoisotopic (exact) mass is 357 g/mol. The smallest absolute Gasteiger partial charge is 0.227 e. The second kappa shape index (κ2) is 7.86. The van der Waals surface area contributed by atoms with E-state index in [2.05, 4.69) is 19.7 Å². The van der Waals surface area contributed by atoms with Crippen LogP contribution in [0, 0.1) is 0 Å². The highest BCUT2D eigenvalue weighted by molar-refractivity contribution is 5.79. The lowest BCUT2D eigenvalue weighted by Gasteiger charge is -2.32. The Kier molecular flexibility index (Phi) is 5.56. The van der Waals surface area contributed by atoms with Gasteiger partial charge in [0.05, 0.1) is 13.0 Å². The Morgan fingerprint density at radius 2 is 2.15 bits per heavy atom. The number of hydrogen-bond acceptors (Lipinski definition) is 5. The lowest BCUT2D eigenvalue weighted by molar-refractivity contribution is -0.131. The van der Waals surface area contributed by atoms with E-state index in [0.29, 0.717) is 13.0 Å². The molecule has 1 unspecified atom stereocenters. The number of likely N-dealkylation sites (tertiary alicyclic amines) is 1. The average molecular weight is 357 g/mol. The molecule has 7 nitrogen and oxygen atoms in total. The summed E-state index contributed by atoms with van der Waals surface area (Å²) < 4.78 is 2.06. The van der Waals surface area contributed by atoms with E-state index in [9.17, 15) is 9.90 Å². The molecule has 1 aromatic carbocycles. The molecule has 1 fully saturated rings. The van der Waals surface area contributed by atoms with Crippen molar-refractivity contribution < 1.29 is 9.90 Å². The summed E-state index contributed by atoms with van der Waals surface area (Å²) in [6, 6.07) is 6.90. The van der Waals surface area contributed by atoms with Crippen molar-refractivity contribution in [3.05, 3.63) is 41.5 Å². The molecular weight excluding hydrogens is 330 g/mol. The Morgan fingerprint density at radius 1 is 1.35 bits per heavy atom. The van der Waals surface area contributed by atoms with Crippen LogP contribution in [0.5, 0.6) is 5.75 Å². The predicted octanol–water partition coefficient (Wildman–Crippen LogP) is 1.53. The van der Waals surface area contributed by atoms with Crippen LogP contribution in [0.15, 0.2) is 24.3 Å². The van der Waals surface area contributed by atoms with Gasteiger partial charge in [0, 0.05) is 26.1 Å². The van der Waals surface area contributed by atoms with Gasteiger partial charge in [0.2, 0.25) is 5.91 Å². The maximum Gasteiger partial charge on any atom is 0.227 e. The van der Waals surface area contributed by atoms with Gasteiger partial charge in [0.1, 0.15) is 17.4 Å². The molecule has 1 N–H and O–H groups in total. The highest BCUT2D eigenvalue weighted by atomic mass is 16.3. The zero-order chi connectivity index (χ0) is 18.7. The number of carbonyl (C=O) groups is 1. The number of nitrogens with zero attached hydrogens (tertiary/aromatic N) is 5. The van der Waals surface area contributed by atoms with Gasteiger partial charge >= 0.3 is 0 Å². The summed E-state index contributed by atoms with van der Waals surface area (Å²) in [6.07, 6.45) is 2.29. The molecule has 1 amide bonds. The summed E-state index contributed by atoms with van der Waals surface area (Å²) in [7, 11) is 6.02. The van der Waals surface area contributed by atoms with Gasteiger partial charge in [-0.3, -0.25) is 4.79 Å². The number of phenolic OH excluding ortho intramolecular Hbond substituents is 1. The minimum absolute atomic E-state index is 0.0935. The summed E-state index contributed by atoms with van der Waals surface area (Å²) in [5, 5.41) is 18.3. The molecule has 2 aromatic rings. The first-order valence-corrected chi connectivity index (χ1v) is 9.02. The van der Waals surface area contributed by atoms with E-state index in [1.807, 2.05) is 32.1 Å². The fraction of sp³-hybridized carbons (Fsp3) is 0.526. The molecule has 1 aliphatic heterocycles. The standard InChI is InChI=1S/C19H27N5O2/c1-22(2)13-17-20-21-19(23(17)3)15-7-5-9-24(12-15)18(26)11-14-6-4-8-16(25)10-14/h4,6,8,10,15,25H,5,7,9,11-13H2,1-3H3. The van der Waals surface area contributed by atoms with Crippen molar-refractivity contribution in [2.45, 2.75) is 31.7 Å². The predicted molar refractivity (Wildman–Crippen MR) is 98.8 cm³/mol. The van der Waals surface area contributed by atoms with Crippen LogP contribution in [0.2, 0.25) is 0 Å². The summed E-state index contributed by atoms with van der Waals surface area (Å²) >= 11 is 0. The van der Waals surface area contributed by atoms with Crippen LogP contribution in [0.25, 0.3) is 0 Å². The molecule has 1 atom stereocenters. The van der Waals surface area contributed by atoms with Crippen LogP contribution in [0.3, 0.4) is 0 Å². The number of carbonyl (C=O) groups excluding carboxylic acids is 1. The lowest BCUT2D eigenvalue weighted by Crippen LogP contribution is -2.40. The molecule has 0 bridgehead atoms. The summed E-state index contributed by atoms with van der Waals surface area (Å²) in [5.41, 5.74) is 0.837. The van der Waals surface area contributed by atoms with Gasteiger partial charge < -0.3 is 19.5 Å². The molecule has 140 valence electrons. The number of piperidine rings is 1. The fourth-order valence-electron chi connectivity index (χ4n) is 3.52. The molecule has 0 saturated carbocycles. The number of rotatable bonds is 5. The van der Waals surface area contributed by atoms with Gasteiger partial charge in [0.15, 0.2) is 0 Å². The topological polar surface area (TPSA) is 74.5 Å². The number of amides is 1. The van der Waals surface area contributed by atoms with Gasteiger partial charge in [-0.2, -0.15) is 0 Å². The van der Waals surface area contributed by atoms with E-state index in [0.717, 1.165) is 43.1 Å². The van der Waals surface area contributed by atoms with Crippen molar-refractivity contribution in [2.24, 2.45) is 7.05 Å². The van der Waals surface area contributed by atoms with Gasteiger partial charge in [-0.15, -0.1) is 10.2 Å². The third-order valence-corrected chi connectivity index (χ3v) is 4.86. The van der Waals surface area contributed by atoms with Gasteiger partial charge in [-0.25, -0.2) is 0 Å². The molecule has 1 saturated heterocycles. The third kappa shape index (κ3) is 4.22. The molecule has 7 heteroatoms. The first-order chi connectivity index (χ1) is 12.4. The lowest BCUT2D eigenvalue weighted by atomic mass is 9.96. The van der Waals surface area contributed by atoms with Crippen LogP contribution < -0.4 is 0 Å². The summed E-state index contributed by atoms with van der Waals surface area (Å²) in [5.74, 6) is 2.39. The van der Waals surface area contributed by atoms with Crippen molar-refractivity contribution in [1.82, 2.24) is 24.6 Å². The first-order valence-electron chi connectivity index (χ1n) is 9.02. The molecule has 0 spiro atoms. The molecule has 0 aliphatic carbocycles. The van der Waals surface area contributed by atoms with Crippen LogP contribution in [-0.2, 0) is 24.8 Å². The van der Waals surface area contributed by atoms with E-state index in [4.69, 9.17) is 0 Å². The minimum atomic E-state index is 0.0935. The van der Waals surface area contributed by atoms with Crippen molar-refractivity contribution in [3.63, 3.8) is 0 Å². The number of hydrogen-bond donors (Lipinski definition) is 1. The molecule has 26 heavy (non-hydrogen) atoms. The van der Waals surface area contributed by atoms with Crippen LogP contribution >= 0.6 is 0 Å². The molecule has 3 rings (SSSR count). The zero-order valence-corrected chi connectivity index (χ0v) is 15.7. The fourth-order valence-corrected chi connectivity index (χ4v) is 3.52. The Hall–Kier alpha value is -2.41. The first kappa shape index (κ1) is 18.4. The van der Waals surface area contributed by atoms with Gasteiger partial charge in [-0.1, -0.05) is 12.1 Å². The zero-order valence-electron chi connectivity index (χ0n) is 15.7. The molecule has 2 heterocycles. The average Bonchev–Trinajstić information content (AvgIpc) is 2.95. The van der Waals surface area contributed by atoms with E-state index in [1.54, 1.807) is 18.2 Å². The molecule has 1 aliphatic rings. The second-order valence-electron chi connectivity index (χ2n) is 7.30. The Morgan fingerprint density at radius 3 is 2.88 bits per heavy atom. The highest BCUT2D eigenvalue weighted by Crippen LogP contribution is 2.26. The molecule has 1 aromatic heterocycles. The van der Waals surface area contributed by atoms with Crippen molar-refractivity contribution in [2.75, 3.05) is 27.2 Å². The van der Waals surface area contributed by atoms with Crippen LogP contribution in [-0.4, -0.2) is 62.8 Å². The second-order valence-corrected chi connectivity index (χ2v) is 7.30. The SMILES string of the molecule is CN(C)Cc1nnc(C2CCCN(C(=O)Cc3cccc(O)c3)C2)n1C. The van der Waals surface area contributed by atoms with Crippen LogP contribution in [0.1, 0.15) is 36.0 Å². The van der Waals surface area contributed by atoms with Gasteiger partial charge in [0.25, 0.3) is 0 Å². The minimum Gasteiger partial charge on any atom is -0.508 e.